The Kier molecular flexibility index (Phi) is 18.0. The number of ether oxygens (including phenoxy) is 3. The van der Waals surface area contributed by atoms with Crippen molar-refractivity contribution in [2.75, 3.05) is 25.5 Å². The van der Waals surface area contributed by atoms with Gasteiger partial charge in [-0.25, -0.2) is 0 Å². The highest BCUT2D eigenvalue weighted by atomic mass is 127. The Bertz CT molecular complexity index is 1990. The van der Waals surface area contributed by atoms with Crippen LogP contribution in [0, 0.1) is 7.14 Å². The van der Waals surface area contributed by atoms with Crippen molar-refractivity contribution in [2.24, 2.45) is 0 Å². The normalized spacial score (nSPS) is 11.4. The van der Waals surface area contributed by atoms with Crippen LogP contribution < -0.4 is 15.4 Å². The van der Waals surface area contributed by atoms with Gasteiger partial charge in [0.25, 0.3) is 5.91 Å². The van der Waals surface area contributed by atoms with Crippen molar-refractivity contribution in [1.29, 1.82) is 0 Å². The number of methoxy groups -OCH3 is 1. The maximum absolute atomic E-state index is 13.5. The van der Waals surface area contributed by atoms with Crippen LogP contribution >= 0.6 is 45.2 Å². The average Bonchev–Trinajstić information content (AvgIpc) is 3.11. The molecular formula is C43H48F3I2N3O7. The summed E-state index contributed by atoms with van der Waals surface area (Å²) in [6, 6.07) is 25.0. The van der Waals surface area contributed by atoms with E-state index in [0.29, 0.717) is 12.2 Å². The van der Waals surface area contributed by atoms with E-state index >= 15 is 0 Å². The minimum Gasteiger partial charge on any atom is -0.497 e. The number of hydrogen-bond donors (Lipinski definition) is 2. The number of nitrogens with one attached hydrogen (secondary N) is 2. The summed E-state index contributed by atoms with van der Waals surface area (Å²) >= 11 is 4.44. The number of amides is 2. The highest BCUT2D eigenvalue weighted by molar-refractivity contribution is 14.1. The lowest BCUT2D eigenvalue weighted by Crippen LogP contribution is -2.38. The molecule has 0 unspecified atom stereocenters. The monoisotopic (exact) mass is 1030 g/mol. The SMILES string of the molecule is CC(C)(C)OC(=O)CNCc1ccc(I)cc1.COc1ccc(CC(=O)Nc2ccc(C(=O)N(CC(=O)OC(C)(C)C)Cc3ccc(I)cc3)cc2)c(C(F)(F)F)c1. The summed E-state index contributed by atoms with van der Waals surface area (Å²) in [7, 11) is 1.26. The van der Waals surface area contributed by atoms with Crippen LogP contribution in [0.25, 0.3) is 0 Å². The maximum atomic E-state index is 13.5. The molecule has 15 heteroatoms. The third kappa shape index (κ3) is 17.7. The number of anilines is 1. The molecule has 0 fully saturated rings. The highest BCUT2D eigenvalue weighted by Gasteiger charge is 2.34. The first-order valence-electron chi connectivity index (χ1n) is 18.1. The van der Waals surface area contributed by atoms with Gasteiger partial charge in [0.2, 0.25) is 5.91 Å². The number of esters is 2. The number of halogens is 5. The van der Waals surface area contributed by atoms with Crippen molar-refractivity contribution in [3.63, 3.8) is 0 Å². The lowest BCUT2D eigenvalue weighted by Gasteiger charge is -2.25. The first-order valence-corrected chi connectivity index (χ1v) is 20.2. The van der Waals surface area contributed by atoms with Gasteiger partial charge in [0.15, 0.2) is 0 Å². The largest absolute Gasteiger partial charge is 0.497 e. The Balaban J connectivity index is 0.000000442. The molecule has 0 saturated carbocycles. The van der Waals surface area contributed by atoms with Crippen molar-refractivity contribution in [3.8, 4) is 5.75 Å². The number of carbonyl (C=O) groups excluding carboxylic acids is 4. The predicted octanol–water partition coefficient (Wildman–Crippen LogP) is 9.21. The third-order valence-electron chi connectivity index (χ3n) is 7.63. The first-order chi connectivity index (χ1) is 27.0. The molecule has 0 aromatic heterocycles. The van der Waals surface area contributed by atoms with Gasteiger partial charge in [0.1, 0.15) is 23.5 Å². The van der Waals surface area contributed by atoms with Crippen LogP contribution in [0.3, 0.4) is 0 Å². The number of alkyl halides is 3. The molecule has 312 valence electrons. The minimum atomic E-state index is -4.66. The van der Waals surface area contributed by atoms with Crippen LogP contribution in [0.5, 0.6) is 5.75 Å². The molecule has 0 aliphatic rings. The summed E-state index contributed by atoms with van der Waals surface area (Å²) in [5, 5.41) is 5.63. The first kappa shape index (κ1) is 48.1. The summed E-state index contributed by atoms with van der Waals surface area (Å²) in [6.07, 6.45) is -5.17. The lowest BCUT2D eigenvalue weighted by atomic mass is 10.0. The average molecular weight is 1030 g/mol. The molecule has 4 aromatic rings. The number of rotatable bonds is 13. The van der Waals surface area contributed by atoms with Gasteiger partial charge in [0, 0.05) is 31.5 Å². The number of hydrogen-bond acceptors (Lipinski definition) is 8. The van der Waals surface area contributed by atoms with Crippen LogP contribution in [0.2, 0.25) is 0 Å². The minimum absolute atomic E-state index is 0.0319. The summed E-state index contributed by atoms with van der Waals surface area (Å²) < 4.78 is 58.2. The smallest absolute Gasteiger partial charge is 0.416 e. The molecule has 0 saturated heterocycles. The van der Waals surface area contributed by atoms with Crippen LogP contribution in [0.15, 0.2) is 91.0 Å². The summed E-state index contributed by atoms with van der Waals surface area (Å²) in [5.74, 6) is -1.84. The van der Waals surface area contributed by atoms with Gasteiger partial charge < -0.3 is 29.7 Å². The van der Waals surface area contributed by atoms with E-state index < -0.39 is 47.1 Å². The van der Waals surface area contributed by atoms with Crippen molar-refractivity contribution in [3.05, 3.63) is 126 Å². The zero-order chi connectivity index (χ0) is 43.3. The Morgan fingerprint density at radius 2 is 1.24 bits per heavy atom. The van der Waals surface area contributed by atoms with E-state index in [0.717, 1.165) is 20.8 Å². The molecule has 2 amide bonds. The molecule has 0 spiro atoms. The van der Waals surface area contributed by atoms with Gasteiger partial charge in [0.05, 0.1) is 25.6 Å². The fraction of sp³-hybridized carbons (Fsp3) is 0.349. The highest BCUT2D eigenvalue weighted by Crippen LogP contribution is 2.35. The van der Waals surface area contributed by atoms with E-state index in [1.807, 2.05) is 69.3 Å². The third-order valence-corrected chi connectivity index (χ3v) is 9.07. The predicted molar refractivity (Wildman–Crippen MR) is 233 cm³/mol. The fourth-order valence-electron chi connectivity index (χ4n) is 5.19. The van der Waals surface area contributed by atoms with E-state index in [4.69, 9.17) is 14.2 Å². The molecule has 0 aliphatic heterocycles. The van der Waals surface area contributed by atoms with E-state index in [2.05, 4.69) is 55.8 Å². The quantitative estimate of drug-likeness (QED) is 0.101. The zero-order valence-corrected chi connectivity index (χ0v) is 37.7. The van der Waals surface area contributed by atoms with E-state index in [-0.39, 0.29) is 42.5 Å². The Morgan fingerprint density at radius 1 is 0.707 bits per heavy atom. The Morgan fingerprint density at radius 3 is 1.76 bits per heavy atom. The number of benzene rings is 4. The van der Waals surface area contributed by atoms with Gasteiger partial charge in [-0.3, -0.25) is 19.2 Å². The second kappa shape index (κ2) is 21.7. The Labute approximate surface area is 364 Å². The molecule has 2 N–H and O–H groups in total. The molecule has 0 bridgehead atoms. The van der Waals surface area contributed by atoms with Gasteiger partial charge in [-0.1, -0.05) is 30.3 Å². The van der Waals surface area contributed by atoms with E-state index in [9.17, 15) is 32.3 Å². The topological polar surface area (TPSA) is 123 Å². The van der Waals surface area contributed by atoms with Crippen molar-refractivity contribution >= 4 is 74.6 Å². The summed E-state index contributed by atoms with van der Waals surface area (Å²) in [6.45, 7) is 11.6. The molecule has 0 heterocycles. The molecule has 0 radical (unpaired) electrons. The Hall–Kier alpha value is -4.23. The molecule has 0 aliphatic carbocycles. The van der Waals surface area contributed by atoms with Crippen LogP contribution in [-0.4, -0.2) is 60.1 Å². The maximum Gasteiger partial charge on any atom is 0.416 e. The van der Waals surface area contributed by atoms with Gasteiger partial charge in [-0.15, -0.1) is 0 Å². The van der Waals surface area contributed by atoms with Crippen LogP contribution in [0.1, 0.15) is 74.2 Å². The molecule has 10 nitrogen and oxygen atoms in total. The summed E-state index contributed by atoms with van der Waals surface area (Å²) in [4.78, 5) is 51.3. The van der Waals surface area contributed by atoms with E-state index in [1.54, 1.807) is 20.8 Å². The zero-order valence-electron chi connectivity index (χ0n) is 33.4. The number of carbonyl (C=O) groups is 4. The molecular weight excluding hydrogens is 981 g/mol. The standard InChI is InChI=1S/C30H30F3IN2O5.C13H18INO2/c1-29(2,3)41-27(38)18-36(17-19-5-10-22(34)11-6-19)28(39)20-7-12-23(13-8-20)35-26(37)15-21-9-14-24(40-4)16-25(21)30(31,32)33;1-13(2,3)17-12(16)9-15-8-10-4-6-11(14)7-5-10/h5-14,16H,15,17-18H2,1-4H3,(H,35,37);4-7,15H,8-9H2,1-3H3. The van der Waals surface area contributed by atoms with Crippen LogP contribution in [0.4, 0.5) is 18.9 Å². The molecule has 58 heavy (non-hydrogen) atoms. The van der Waals surface area contributed by atoms with Gasteiger partial charge in [-0.2, -0.15) is 13.2 Å². The molecule has 4 rings (SSSR count). The second-order valence-corrected chi connectivity index (χ2v) is 17.5. The van der Waals surface area contributed by atoms with Crippen molar-refractivity contribution < 1.29 is 46.6 Å². The lowest BCUT2D eigenvalue weighted by molar-refractivity contribution is -0.156. The molecule has 4 aromatic carbocycles. The fourth-order valence-corrected chi connectivity index (χ4v) is 5.90. The van der Waals surface area contributed by atoms with Gasteiger partial charge in [-0.05, 0) is 164 Å². The van der Waals surface area contributed by atoms with Crippen molar-refractivity contribution in [2.45, 2.75) is 78.4 Å². The van der Waals surface area contributed by atoms with E-state index in [1.165, 1.54) is 52.0 Å². The molecule has 0 atom stereocenters. The van der Waals surface area contributed by atoms with Crippen molar-refractivity contribution in [1.82, 2.24) is 10.2 Å². The second-order valence-electron chi connectivity index (χ2n) is 15.0. The van der Waals surface area contributed by atoms with Crippen LogP contribution in [-0.2, 0) is 49.5 Å². The van der Waals surface area contributed by atoms with Gasteiger partial charge >= 0.3 is 18.1 Å². The number of nitrogens with zero attached hydrogens (tertiary/aromatic N) is 1. The summed E-state index contributed by atoms with van der Waals surface area (Å²) in [5.41, 5.74) is 0.249.